The van der Waals surface area contributed by atoms with Crippen LogP contribution in [-0.2, 0) is 4.79 Å². The lowest BCUT2D eigenvalue weighted by molar-refractivity contribution is -0.118. The van der Waals surface area contributed by atoms with Gasteiger partial charge in [0, 0.05) is 18.2 Å². The molecule has 0 saturated heterocycles. The van der Waals surface area contributed by atoms with E-state index in [-0.39, 0.29) is 5.91 Å². The predicted octanol–water partition coefficient (Wildman–Crippen LogP) is 5.25. The molecular formula is C23H34N4O2S. The SMILES string of the molecule is CCCCCCNC(=O)CSc1nnc(-c2ccc(OC)cc2)n1C1CCCCC1. The van der Waals surface area contributed by atoms with Crippen molar-refractivity contribution in [2.75, 3.05) is 19.4 Å². The number of hydrogen-bond donors (Lipinski definition) is 1. The van der Waals surface area contributed by atoms with Gasteiger partial charge in [0.25, 0.3) is 0 Å². The maximum atomic E-state index is 12.3. The normalized spacial score (nSPS) is 14.6. The standard InChI is InChI=1S/C23H34N4O2S/c1-3-4-5-9-16-24-21(28)17-30-23-26-25-22(18-12-14-20(29-2)15-13-18)27(23)19-10-7-6-8-11-19/h12-15,19H,3-11,16-17H2,1-2H3,(H,24,28). The highest BCUT2D eigenvalue weighted by molar-refractivity contribution is 7.99. The van der Waals surface area contributed by atoms with E-state index >= 15 is 0 Å². The molecule has 3 rings (SSSR count). The zero-order chi connectivity index (χ0) is 21.2. The van der Waals surface area contributed by atoms with Crippen LogP contribution in [0.1, 0.15) is 70.8 Å². The number of thioether (sulfide) groups is 1. The zero-order valence-corrected chi connectivity index (χ0v) is 19.0. The Balaban J connectivity index is 1.69. The quantitative estimate of drug-likeness (QED) is 0.390. The van der Waals surface area contributed by atoms with E-state index in [0.717, 1.165) is 48.1 Å². The van der Waals surface area contributed by atoms with E-state index < -0.39 is 0 Å². The van der Waals surface area contributed by atoms with Crippen molar-refractivity contribution in [1.82, 2.24) is 20.1 Å². The van der Waals surface area contributed by atoms with Crippen LogP contribution in [-0.4, -0.2) is 40.1 Å². The van der Waals surface area contributed by atoms with Gasteiger partial charge in [0.05, 0.1) is 12.9 Å². The number of benzene rings is 1. The highest BCUT2D eigenvalue weighted by Gasteiger charge is 2.24. The summed E-state index contributed by atoms with van der Waals surface area (Å²) in [6.45, 7) is 2.95. The van der Waals surface area contributed by atoms with E-state index in [1.807, 2.05) is 24.3 Å². The summed E-state index contributed by atoms with van der Waals surface area (Å²) in [7, 11) is 1.67. The highest BCUT2D eigenvalue weighted by Crippen LogP contribution is 2.35. The summed E-state index contributed by atoms with van der Waals surface area (Å²) >= 11 is 1.49. The number of amides is 1. The van der Waals surface area contributed by atoms with Crippen molar-refractivity contribution in [1.29, 1.82) is 0 Å². The first kappa shape index (κ1) is 22.7. The number of unbranched alkanes of at least 4 members (excludes halogenated alkanes) is 3. The van der Waals surface area contributed by atoms with Crippen molar-refractivity contribution >= 4 is 17.7 Å². The molecule has 30 heavy (non-hydrogen) atoms. The minimum Gasteiger partial charge on any atom is -0.497 e. The third-order valence-electron chi connectivity index (χ3n) is 5.64. The highest BCUT2D eigenvalue weighted by atomic mass is 32.2. The van der Waals surface area contributed by atoms with Crippen molar-refractivity contribution in [3.63, 3.8) is 0 Å². The average molecular weight is 431 g/mol. The van der Waals surface area contributed by atoms with Crippen molar-refractivity contribution in [2.45, 2.75) is 75.9 Å². The van der Waals surface area contributed by atoms with Gasteiger partial charge in [-0.1, -0.05) is 57.2 Å². The van der Waals surface area contributed by atoms with Crippen LogP contribution in [0, 0.1) is 0 Å². The Morgan fingerprint density at radius 1 is 1.13 bits per heavy atom. The molecule has 2 aromatic rings. The smallest absolute Gasteiger partial charge is 0.230 e. The van der Waals surface area contributed by atoms with Gasteiger partial charge in [0.1, 0.15) is 5.75 Å². The summed E-state index contributed by atoms with van der Waals surface area (Å²) < 4.78 is 7.55. The number of rotatable bonds is 11. The second-order valence-corrected chi connectivity index (χ2v) is 8.84. The monoisotopic (exact) mass is 430 g/mol. The van der Waals surface area contributed by atoms with Gasteiger partial charge in [-0.05, 0) is 43.5 Å². The molecule has 1 N–H and O–H groups in total. The first-order valence-corrected chi connectivity index (χ1v) is 12.2. The molecule has 164 valence electrons. The predicted molar refractivity (Wildman–Crippen MR) is 122 cm³/mol. The summed E-state index contributed by atoms with van der Waals surface area (Å²) in [4.78, 5) is 12.3. The van der Waals surface area contributed by atoms with Gasteiger partial charge in [-0.15, -0.1) is 10.2 Å². The maximum Gasteiger partial charge on any atom is 0.230 e. The van der Waals surface area contributed by atoms with Gasteiger partial charge in [-0.3, -0.25) is 9.36 Å². The molecule has 0 unspecified atom stereocenters. The van der Waals surface area contributed by atoms with E-state index in [4.69, 9.17) is 4.74 Å². The second-order valence-electron chi connectivity index (χ2n) is 7.90. The van der Waals surface area contributed by atoms with Gasteiger partial charge in [-0.2, -0.15) is 0 Å². The Kier molecular flexibility index (Phi) is 9.05. The van der Waals surface area contributed by atoms with E-state index in [1.54, 1.807) is 7.11 Å². The minimum absolute atomic E-state index is 0.0701. The number of hydrogen-bond acceptors (Lipinski definition) is 5. The summed E-state index contributed by atoms with van der Waals surface area (Å²) in [5, 5.41) is 12.9. The first-order chi connectivity index (χ1) is 14.7. The summed E-state index contributed by atoms with van der Waals surface area (Å²) in [5.74, 6) is 2.15. The molecule has 1 aliphatic rings. The molecule has 0 atom stereocenters. The van der Waals surface area contributed by atoms with E-state index in [0.29, 0.717) is 11.8 Å². The third kappa shape index (κ3) is 6.24. The van der Waals surface area contributed by atoms with Crippen molar-refractivity contribution in [3.8, 4) is 17.1 Å². The van der Waals surface area contributed by atoms with Crippen LogP contribution in [0.15, 0.2) is 29.4 Å². The van der Waals surface area contributed by atoms with E-state index in [2.05, 4.69) is 27.0 Å². The molecule has 0 radical (unpaired) electrons. The molecule has 0 aliphatic heterocycles. The van der Waals surface area contributed by atoms with Crippen LogP contribution in [0.3, 0.4) is 0 Å². The first-order valence-electron chi connectivity index (χ1n) is 11.2. The fourth-order valence-corrected chi connectivity index (χ4v) is 4.78. The summed E-state index contributed by atoms with van der Waals surface area (Å²) in [6.07, 6.45) is 10.7. The summed E-state index contributed by atoms with van der Waals surface area (Å²) in [5.41, 5.74) is 1.03. The lowest BCUT2D eigenvalue weighted by Gasteiger charge is -2.25. The Morgan fingerprint density at radius 2 is 1.90 bits per heavy atom. The van der Waals surface area contributed by atoms with Gasteiger partial charge in [0.2, 0.25) is 5.91 Å². The van der Waals surface area contributed by atoms with Gasteiger partial charge < -0.3 is 10.1 Å². The lowest BCUT2D eigenvalue weighted by atomic mass is 9.95. The fraction of sp³-hybridized carbons (Fsp3) is 0.609. The molecule has 7 heteroatoms. The van der Waals surface area contributed by atoms with Crippen LogP contribution < -0.4 is 10.1 Å². The van der Waals surface area contributed by atoms with Crippen molar-refractivity contribution < 1.29 is 9.53 Å². The molecule has 1 saturated carbocycles. The molecular weight excluding hydrogens is 396 g/mol. The molecule has 1 heterocycles. The molecule has 0 bridgehead atoms. The van der Waals surface area contributed by atoms with Gasteiger partial charge in [0.15, 0.2) is 11.0 Å². The number of carbonyl (C=O) groups is 1. The Bertz CT molecular complexity index is 785. The van der Waals surface area contributed by atoms with Crippen molar-refractivity contribution in [3.05, 3.63) is 24.3 Å². The molecule has 1 aromatic heterocycles. The molecule has 6 nitrogen and oxygen atoms in total. The van der Waals surface area contributed by atoms with Crippen LogP contribution >= 0.6 is 11.8 Å². The third-order valence-corrected chi connectivity index (χ3v) is 6.58. The van der Waals surface area contributed by atoms with Crippen LogP contribution in [0.25, 0.3) is 11.4 Å². The van der Waals surface area contributed by atoms with Crippen LogP contribution in [0.2, 0.25) is 0 Å². The number of nitrogens with zero attached hydrogens (tertiary/aromatic N) is 3. The lowest BCUT2D eigenvalue weighted by Crippen LogP contribution is -2.26. The Labute approximate surface area is 184 Å². The number of nitrogens with one attached hydrogen (secondary N) is 1. The van der Waals surface area contributed by atoms with E-state index in [1.165, 1.54) is 50.3 Å². The number of aromatic nitrogens is 3. The average Bonchev–Trinajstić information content (AvgIpc) is 3.22. The second kappa shape index (κ2) is 12.0. The fourth-order valence-electron chi connectivity index (χ4n) is 3.94. The minimum atomic E-state index is 0.0701. The number of ether oxygens (including phenoxy) is 1. The van der Waals surface area contributed by atoms with E-state index in [9.17, 15) is 4.79 Å². The molecule has 0 spiro atoms. The maximum absolute atomic E-state index is 12.3. The van der Waals surface area contributed by atoms with Crippen LogP contribution in [0.5, 0.6) is 5.75 Å². The van der Waals surface area contributed by atoms with Gasteiger partial charge >= 0.3 is 0 Å². The number of methoxy groups -OCH3 is 1. The van der Waals surface area contributed by atoms with Gasteiger partial charge in [-0.25, -0.2) is 0 Å². The molecule has 1 aromatic carbocycles. The molecule has 1 fully saturated rings. The Hall–Kier alpha value is -2.02. The number of carbonyl (C=O) groups excluding carboxylic acids is 1. The largest absolute Gasteiger partial charge is 0.497 e. The zero-order valence-electron chi connectivity index (χ0n) is 18.2. The Morgan fingerprint density at radius 3 is 2.60 bits per heavy atom. The molecule has 1 aliphatic carbocycles. The molecule has 1 amide bonds. The topological polar surface area (TPSA) is 69.0 Å². The van der Waals surface area contributed by atoms with Crippen LogP contribution in [0.4, 0.5) is 0 Å². The van der Waals surface area contributed by atoms with Crippen molar-refractivity contribution in [2.24, 2.45) is 0 Å². The summed E-state index contributed by atoms with van der Waals surface area (Å²) in [6, 6.07) is 8.35.